The molecule has 1 N–H and O–H groups in total. The molecule has 1 aromatic heterocycles. The van der Waals surface area contributed by atoms with E-state index in [1.54, 1.807) is 11.3 Å². The molecule has 5 nitrogen and oxygen atoms in total. The van der Waals surface area contributed by atoms with E-state index in [-0.39, 0.29) is 11.9 Å². The van der Waals surface area contributed by atoms with Crippen molar-refractivity contribution >= 4 is 33.0 Å². The molecule has 27 heavy (non-hydrogen) atoms. The minimum absolute atomic E-state index is 0.0923. The van der Waals surface area contributed by atoms with Crippen molar-refractivity contribution in [3.05, 3.63) is 29.1 Å². The molecular weight excluding hydrogens is 358 g/mol. The second-order valence-electron chi connectivity index (χ2n) is 8.05. The number of nitrogens with one attached hydrogen (secondary N) is 1. The van der Waals surface area contributed by atoms with Crippen molar-refractivity contribution in [2.24, 2.45) is 5.92 Å². The van der Waals surface area contributed by atoms with Crippen molar-refractivity contribution in [1.82, 2.24) is 10.2 Å². The number of amides is 1. The van der Waals surface area contributed by atoms with Crippen LogP contribution in [0.25, 0.3) is 10.1 Å². The Morgan fingerprint density at radius 3 is 2.67 bits per heavy atom. The minimum atomic E-state index is 0.0923. The predicted octanol–water partition coefficient (Wildman–Crippen LogP) is 2.95. The third-order valence-electron chi connectivity index (χ3n) is 6.58. The van der Waals surface area contributed by atoms with Crippen molar-refractivity contribution in [1.29, 1.82) is 0 Å². The number of hydrogen-bond acceptors (Lipinski definition) is 5. The Balaban J connectivity index is 1.34. The fraction of sp³-hybridized carbons (Fsp3) is 0.571. The highest BCUT2D eigenvalue weighted by Gasteiger charge is 2.40. The fourth-order valence-electron chi connectivity index (χ4n) is 4.92. The lowest BCUT2D eigenvalue weighted by atomic mass is 9.79. The highest BCUT2D eigenvalue weighted by molar-refractivity contribution is 7.20. The average molecular weight is 386 g/mol. The van der Waals surface area contributed by atoms with Crippen LogP contribution in [0.5, 0.6) is 0 Å². The van der Waals surface area contributed by atoms with E-state index < -0.39 is 0 Å². The van der Waals surface area contributed by atoms with Gasteiger partial charge in [-0.3, -0.25) is 9.69 Å². The number of piperidine rings is 3. The van der Waals surface area contributed by atoms with Crippen molar-refractivity contribution in [3.63, 3.8) is 0 Å². The molecule has 2 bridgehead atoms. The molecule has 1 aromatic carbocycles. The molecule has 1 amide bonds. The van der Waals surface area contributed by atoms with E-state index in [4.69, 9.17) is 4.74 Å². The summed E-state index contributed by atoms with van der Waals surface area (Å²) in [7, 11) is 0. The molecule has 4 aliphatic rings. The Morgan fingerprint density at radius 1 is 1.15 bits per heavy atom. The lowest BCUT2D eigenvalue weighted by Gasteiger charge is -2.49. The van der Waals surface area contributed by atoms with Gasteiger partial charge >= 0.3 is 0 Å². The maximum Gasteiger partial charge on any atom is 0.261 e. The van der Waals surface area contributed by atoms with Crippen molar-refractivity contribution in [2.45, 2.75) is 31.8 Å². The molecule has 2 atom stereocenters. The molecule has 4 fully saturated rings. The first-order chi connectivity index (χ1) is 13.2. The zero-order chi connectivity index (χ0) is 18.4. The number of benzene rings is 1. The monoisotopic (exact) mass is 385 g/mol. The number of anilines is 1. The normalized spacial score (nSPS) is 30.6. The highest BCUT2D eigenvalue weighted by Crippen LogP contribution is 2.34. The van der Waals surface area contributed by atoms with Crippen LogP contribution in [-0.4, -0.2) is 62.3 Å². The van der Waals surface area contributed by atoms with Gasteiger partial charge in [0.2, 0.25) is 0 Å². The van der Waals surface area contributed by atoms with Gasteiger partial charge in [0.1, 0.15) is 0 Å². The third kappa shape index (κ3) is 3.24. The zero-order valence-electron chi connectivity index (χ0n) is 15.8. The molecular formula is C21H27N3O2S. The number of carbonyl (C=O) groups excluding carboxylic acids is 1. The number of nitrogens with zero attached hydrogens (tertiary/aromatic N) is 2. The Labute approximate surface area is 164 Å². The van der Waals surface area contributed by atoms with E-state index in [1.165, 1.54) is 36.3 Å². The molecule has 0 saturated carbocycles. The second kappa shape index (κ2) is 7.08. The summed E-state index contributed by atoms with van der Waals surface area (Å²) in [5, 5.41) is 4.51. The smallest absolute Gasteiger partial charge is 0.261 e. The van der Waals surface area contributed by atoms with Crippen LogP contribution < -0.4 is 10.2 Å². The van der Waals surface area contributed by atoms with Gasteiger partial charge in [-0.05, 0) is 62.4 Å². The van der Waals surface area contributed by atoms with Gasteiger partial charge in [-0.2, -0.15) is 0 Å². The largest absolute Gasteiger partial charge is 0.378 e. The Kier molecular flexibility index (Phi) is 4.58. The summed E-state index contributed by atoms with van der Waals surface area (Å²) in [6.07, 6.45) is 2.43. The standard InChI is InChI=1S/C21H27N3O2S/c1-14-20(15-4-6-23(14)7-5-15)22-21(25)19-12-16-2-3-17(13-18(16)27-19)24-8-10-26-11-9-24/h2-3,12-15,20H,4-11H2,1H3,(H,22,25). The van der Waals surface area contributed by atoms with Gasteiger partial charge in [0.05, 0.1) is 18.1 Å². The van der Waals surface area contributed by atoms with Crippen LogP contribution in [0.4, 0.5) is 5.69 Å². The van der Waals surface area contributed by atoms with Crippen LogP contribution in [0.15, 0.2) is 24.3 Å². The van der Waals surface area contributed by atoms with Gasteiger partial charge in [0.25, 0.3) is 5.91 Å². The molecule has 0 aliphatic carbocycles. The molecule has 2 aromatic rings. The number of hydrogen-bond donors (Lipinski definition) is 1. The molecule has 6 heteroatoms. The van der Waals surface area contributed by atoms with E-state index >= 15 is 0 Å². The van der Waals surface area contributed by atoms with Crippen molar-refractivity contribution in [2.75, 3.05) is 44.3 Å². The van der Waals surface area contributed by atoms with Crippen LogP contribution in [0.2, 0.25) is 0 Å². The van der Waals surface area contributed by atoms with Gasteiger partial charge in [0.15, 0.2) is 0 Å². The number of carbonyl (C=O) groups is 1. The van der Waals surface area contributed by atoms with Gasteiger partial charge in [-0.1, -0.05) is 6.07 Å². The molecule has 5 heterocycles. The summed E-state index contributed by atoms with van der Waals surface area (Å²) >= 11 is 1.61. The van der Waals surface area contributed by atoms with Crippen molar-refractivity contribution in [3.8, 4) is 0 Å². The summed E-state index contributed by atoms with van der Waals surface area (Å²) in [5.41, 5.74) is 1.23. The first-order valence-corrected chi connectivity index (χ1v) is 10.9. The summed E-state index contributed by atoms with van der Waals surface area (Å²) in [6, 6.07) is 9.31. The number of morpholine rings is 1. The quantitative estimate of drug-likeness (QED) is 0.882. The predicted molar refractivity (Wildman–Crippen MR) is 110 cm³/mol. The first kappa shape index (κ1) is 17.5. The summed E-state index contributed by atoms with van der Waals surface area (Å²) in [6.45, 7) is 8.07. The summed E-state index contributed by atoms with van der Waals surface area (Å²) in [5.74, 6) is 0.728. The van der Waals surface area contributed by atoms with E-state index in [2.05, 4.69) is 40.2 Å². The van der Waals surface area contributed by atoms with Crippen LogP contribution in [0.3, 0.4) is 0 Å². The van der Waals surface area contributed by atoms with Gasteiger partial charge < -0.3 is 15.0 Å². The van der Waals surface area contributed by atoms with Gasteiger partial charge in [-0.15, -0.1) is 11.3 Å². The molecule has 144 valence electrons. The van der Waals surface area contributed by atoms with Crippen LogP contribution >= 0.6 is 11.3 Å². The summed E-state index contributed by atoms with van der Waals surface area (Å²) in [4.78, 5) is 18.6. The lowest BCUT2D eigenvalue weighted by molar-refractivity contribution is 0.0218. The number of fused-ring (bicyclic) bond motifs is 4. The first-order valence-electron chi connectivity index (χ1n) is 10.1. The third-order valence-corrected chi connectivity index (χ3v) is 7.68. The van der Waals surface area contributed by atoms with Crippen LogP contribution in [0, 0.1) is 5.92 Å². The Bertz CT molecular complexity index is 835. The topological polar surface area (TPSA) is 44.8 Å². The molecule has 6 rings (SSSR count). The van der Waals surface area contributed by atoms with Crippen LogP contribution in [0.1, 0.15) is 29.4 Å². The highest BCUT2D eigenvalue weighted by atomic mass is 32.1. The average Bonchev–Trinajstić information content (AvgIpc) is 3.15. The van der Waals surface area contributed by atoms with E-state index in [9.17, 15) is 4.79 Å². The van der Waals surface area contributed by atoms with Gasteiger partial charge in [0, 0.05) is 35.6 Å². The SMILES string of the molecule is CC1C(NC(=O)c2cc3ccc(N4CCOCC4)cc3s2)C2CCN1CC2. The number of thiophene rings is 1. The maximum absolute atomic E-state index is 12.9. The Morgan fingerprint density at radius 2 is 1.93 bits per heavy atom. The maximum atomic E-state index is 12.9. The molecule has 4 saturated heterocycles. The van der Waals surface area contributed by atoms with Crippen molar-refractivity contribution < 1.29 is 9.53 Å². The fourth-order valence-corrected chi connectivity index (χ4v) is 5.92. The molecule has 2 unspecified atom stereocenters. The zero-order valence-corrected chi connectivity index (χ0v) is 16.6. The van der Waals surface area contributed by atoms with E-state index in [1.807, 2.05) is 6.07 Å². The van der Waals surface area contributed by atoms with Gasteiger partial charge in [-0.25, -0.2) is 0 Å². The second-order valence-corrected chi connectivity index (χ2v) is 9.13. The lowest BCUT2D eigenvalue weighted by Crippen LogP contribution is -2.62. The molecule has 0 spiro atoms. The molecule has 0 radical (unpaired) electrons. The van der Waals surface area contributed by atoms with E-state index in [0.29, 0.717) is 12.0 Å². The van der Waals surface area contributed by atoms with E-state index in [0.717, 1.165) is 36.6 Å². The number of ether oxygens (including phenoxy) is 1. The summed E-state index contributed by atoms with van der Waals surface area (Å²) < 4.78 is 6.64. The molecule has 4 aliphatic heterocycles. The number of rotatable bonds is 3. The Hall–Kier alpha value is -1.63. The van der Waals surface area contributed by atoms with Crippen LogP contribution in [-0.2, 0) is 4.74 Å². The minimum Gasteiger partial charge on any atom is -0.378 e.